The van der Waals surface area contributed by atoms with E-state index in [-0.39, 0.29) is 17.0 Å². The van der Waals surface area contributed by atoms with Gasteiger partial charge in [0.25, 0.3) is 5.91 Å². The maximum absolute atomic E-state index is 12.5. The fourth-order valence-electron chi connectivity index (χ4n) is 3.08. The molecular weight excluding hydrogens is 366 g/mol. The Labute approximate surface area is 159 Å². The standard InChI is InChI=1S/C20H16ClN3OS/c21-19-14(6-3-9-22-19)20(25)24-12-16(18-8-4-10-26-18)15-11-23-17-7-2-1-5-13(15)17/h1-11,16,23H,12H2,(H,24,25)/t16-/m1/s1. The average molecular weight is 382 g/mol. The van der Waals surface area contributed by atoms with Gasteiger partial charge in [-0.15, -0.1) is 11.3 Å². The van der Waals surface area contributed by atoms with Crippen molar-refractivity contribution in [3.8, 4) is 0 Å². The molecule has 0 fully saturated rings. The van der Waals surface area contributed by atoms with Gasteiger partial charge in [0.05, 0.1) is 5.56 Å². The minimum atomic E-state index is -0.218. The van der Waals surface area contributed by atoms with Crippen molar-refractivity contribution in [1.29, 1.82) is 0 Å². The Morgan fingerprint density at radius 2 is 2.08 bits per heavy atom. The fourth-order valence-corrected chi connectivity index (χ4v) is 4.13. The summed E-state index contributed by atoms with van der Waals surface area (Å²) in [5.41, 5.74) is 2.64. The SMILES string of the molecule is O=C(NC[C@@H](c1cccs1)c1c[nH]c2ccccc12)c1cccnc1Cl. The first kappa shape index (κ1) is 16.8. The molecule has 4 rings (SSSR count). The van der Waals surface area contributed by atoms with E-state index in [4.69, 9.17) is 11.6 Å². The highest BCUT2D eigenvalue weighted by Gasteiger charge is 2.21. The van der Waals surface area contributed by atoms with Crippen LogP contribution in [-0.2, 0) is 0 Å². The Hall–Kier alpha value is -2.63. The summed E-state index contributed by atoms with van der Waals surface area (Å²) in [4.78, 5) is 21.0. The number of benzene rings is 1. The molecule has 2 N–H and O–H groups in total. The third kappa shape index (κ3) is 3.23. The zero-order chi connectivity index (χ0) is 17.9. The molecule has 0 radical (unpaired) electrons. The maximum atomic E-state index is 12.5. The van der Waals surface area contributed by atoms with Gasteiger partial charge in [-0.05, 0) is 35.2 Å². The summed E-state index contributed by atoms with van der Waals surface area (Å²) in [6.07, 6.45) is 3.60. The van der Waals surface area contributed by atoms with E-state index in [1.54, 1.807) is 29.7 Å². The molecule has 4 nitrogen and oxygen atoms in total. The molecule has 1 amide bonds. The van der Waals surface area contributed by atoms with Crippen molar-refractivity contribution in [2.45, 2.75) is 5.92 Å². The zero-order valence-electron chi connectivity index (χ0n) is 13.8. The number of aromatic amines is 1. The van der Waals surface area contributed by atoms with Gasteiger partial charge in [0.1, 0.15) is 5.15 Å². The number of carbonyl (C=O) groups is 1. The third-order valence-electron chi connectivity index (χ3n) is 4.35. The number of halogens is 1. The van der Waals surface area contributed by atoms with E-state index in [1.807, 2.05) is 24.4 Å². The minimum absolute atomic E-state index is 0.0607. The smallest absolute Gasteiger partial charge is 0.254 e. The molecule has 1 atom stereocenters. The Balaban J connectivity index is 1.63. The molecule has 4 aromatic rings. The lowest BCUT2D eigenvalue weighted by Crippen LogP contribution is -2.29. The Bertz CT molecular complexity index is 1040. The summed E-state index contributed by atoms with van der Waals surface area (Å²) in [6, 6.07) is 15.7. The van der Waals surface area contributed by atoms with Crippen molar-refractivity contribution in [2.24, 2.45) is 0 Å². The van der Waals surface area contributed by atoms with Gasteiger partial charge in [-0.25, -0.2) is 4.98 Å². The number of amides is 1. The van der Waals surface area contributed by atoms with Crippen LogP contribution in [0.3, 0.4) is 0 Å². The molecule has 0 unspecified atom stereocenters. The van der Waals surface area contributed by atoms with Gasteiger partial charge in [0.15, 0.2) is 0 Å². The van der Waals surface area contributed by atoms with E-state index >= 15 is 0 Å². The zero-order valence-corrected chi connectivity index (χ0v) is 15.3. The predicted octanol–water partition coefficient (Wildman–Crippen LogP) is 4.84. The summed E-state index contributed by atoms with van der Waals surface area (Å²) in [7, 11) is 0. The minimum Gasteiger partial charge on any atom is -0.361 e. The summed E-state index contributed by atoms with van der Waals surface area (Å²) in [5.74, 6) is -0.157. The fraction of sp³-hybridized carbons (Fsp3) is 0.100. The van der Waals surface area contributed by atoms with Crippen LogP contribution >= 0.6 is 22.9 Å². The lowest BCUT2D eigenvalue weighted by Gasteiger charge is -2.16. The molecule has 3 aromatic heterocycles. The summed E-state index contributed by atoms with van der Waals surface area (Å²) < 4.78 is 0. The number of hydrogen-bond donors (Lipinski definition) is 2. The second-order valence-corrected chi connectivity index (χ2v) is 7.25. The van der Waals surface area contributed by atoms with Gasteiger partial charge in [-0.1, -0.05) is 35.9 Å². The molecule has 1 aromatic carbocycles. The van der Waals surface area contributed by atoms with E-state index in [0.717, 1.165) is 5.52 Å². The number of thiophene rings is 1. The molecule has 26 heavy (non-hydrogen) atoms. The largest absolute Gasteiger partial charge is 0.361 e. The first-order valence-corrected chi connectivity index (χ1v) is 9.48. The van der Waals surface area contributed by atoms with Crippen LogP contribution in [0.1, 0.15) is 26.7 Å². The molecule has 0 aliphatic carbocycles. The first-order valence-electron chi connectivity index (χ1n) is 8.22. The molecule has 130 valence electrons. The van der Waals surface area contributed by atoms with E-state index in [9.17, 15) is 4.79 Å². The molecule has 0 saturated carbocycles. The Morgan fingerprint density at radius 3 is 2.88 bits per heavy atom. The number of hydrogen-bond acceptors (Lipinski definition) is 3. The molecule has 0 aliphatic heterocycles. The number of carbonyl (C=O) groups excluding carboxylic acids is 1. The van der Waals surface area contributed by atoms with Crippen LogP contribution in [0.2, 0.25) is 5.15 Å². The molecule has 3 heterocycles. The molecule has 0 aliphatic rings. The molecule has 0 spiro atoms. The quantitative estimate of drug-likeness (QED) is 0.486. The van der Waals surface area contributed by atoms with Crippen LogP contribution in [0.15, 0.2) is 66.3 Å². The van der Waals surface area contributed by atoms with Gasteiger partial charge in [0.2, 0.25) is 0 Å². The van der Waals surface area contributed by atoms with Crippen molar-refractivity contribution in [2.75, 3.05) is 6.54 Å². The second-order valence-electron chi connectivity index (χ2n) is 5.91. The topological polar surface area (TPSA) is 57.8 Å². The van der Waals surface area contributed by atoms with Crippen molar-refractivity contribution >= 4 is 39.7 Å². The van der Waals surface area contributed by atoms with Crippen molar-refractivity contribution in [1.82, 2.24) is 15.3 Å². The highest BCUT2D eigenvalue weighted by molar-refractivity contribution is 7.10. The average Bonchev–Trinajstić information content (AvgIpc) is 3.33. The number of para-hydroxylation sites is 1. The Kier molecular flexibility index (Phi) is 4.73. The molecule has 0 saturated heterocycles. The highest BCUT2D eigenvalue weighted by Crippen LogP contribution is 2.32. The van der Waals surface area contributed by atoms with E-state index in [0.29, 0.717) is 12.1 Å². The Morgan fingerprint density at radius 1 is 1.19 bits per heavy atom. The van der Waals surface area contributed by atoms with Gasteiger partial charge in [-0.2, -0.15) is 0 Å². The first-order chi connectivity index (χ1) is 12.7. The van der Waals surface area contributed by atoms with Crippen LogP contribution < -0.4 is 5.32 Å². The maximum Gasteiger partial charge on any atom is 0.254 e. The number of fused-ring (bicyclic) bond motifs is 1. The van der Waals surface area contributed by atoms with Gasteiger partial charge in [-0.3, -0.25) is 4.79 Å². The van der Waals surface area contributed by atoms with Crippen molar-refractivity contribution < 1.29 is 4.79 Å². The normalized spacial score (nSPS) is 12.2. The van der Waals surface area contributed by atoms with E-state index in [1.165, 1.54) is 15.8 Å². The number of aromatic nitrogens is 2. The summed E-state index contributed by atoms with van der Waals surface area (Å²) in [5, 5.41) is 6.44. The monoisotopic (exact) mass is 381 g/mol. The number of pyridine rings is 1. The van der Waals surface area contributed by atoms with Gasteiger partial charge in [0, 0.05) is 40.6 Å². The van der Waals surface area contributed by atoms with Crippen LogP contribution in [-0.4, -0.2) is 22.4 Å². The number of nitrogens with zero attached hydrogens (tertiary/aromatic N) is 1. The third-order valence-corrected chi connectivity index (χ3v) is 5.64. The van der Waals surface area contributed by atoms with Crippen molar-refractivity contribution in [3.05, 3.63) is 87.5 Å². The predicted molar refractivity (Wildman–Crippen MR) is 106 cm³/mol. The molecule has 0 bridgehead atoms. The number of nitrogens with one attached hydrogen (secondary N) is 2. The lowest BCUT2D eigenvalue weighted by atomic mass is 9.96. The number of rotatable bonds is 5. The van der Waals surface area contributed by atoms with Gasteiger partial charge < -0.3 is 10.3 Å². The van der Waals surface area contributed by atoms with Crippen LogP contribution in [0.4, 0.5) is 0 Å². The van der Waals surface area contributed by atoms with Gasteiger partial charge >= 0.3 is 0 Å². The summed E-state index contributed by atoms with van der Waals surface area (Å²) >= 11 is 7.72. The van der Waals surface area contributed by atoms with E-state index in [2.05, 4.69) is 38.9 Å². The van der Waals surface area contributed by atoms with Crippen molar-refractivity contribution in [3.63, 3.8) is 0 Å². The number of H-pyrrole nitrogens is 1. The lowest BCUT2D eigenvalue weighted by molar-refractivity contribution is 0.0952. The molecule has 6 heteroatoms. The summed E-state index contributed by atoms with van der Waals surface area (Å²) in [6.45, 7) is 0.479. The second kappa shape index (κ2) is 7.32. The highest BCUT2D eigenvalue weighted by atomic mass is 35.5. The van der Waals surface area contributed by atoms with E-state index < -0.39 is 0 Å². The van der Waals surface area contributed by atoms with Crippen LogP contribution in [0.25, 0.3) is 10.9 Å². The molecular formula is C20H16ClN3OS. The van der Waals surface area contributed by atoms with Crippen LogP contribution in [0, 0.1) is 0 Å². The van der Waals surface area contributed by atoms with Crippen LogP contribution in [0.5, 0.6) is 0 Å².